The smallest absolute Gasteiger partial charge is 0.249 e. The Morgan fingerprint density at radius 1 is 1.30 bits per heavy atom. The van der Waals surface area contributed by atoms with Gasteiger partial charge in [0.2, 0.25) is 11.8 Å². The van der Waals surface area contributed by atoms with Crippen molar-refractivity contribution in [3.05, 3.63) is 42.3 Å². The lowest BCUT2D eigenvalue weighted by molar-refractivity contribution is 0.0634. The quantitative estimate of drug-likeness (QED) is 0.739. The zero-order valence-corrected chi connectivity index (χ0v) is 13.2. The van der Waals surface area contributed by atoms with Crippen LogP contribution < -0.4 is 0 Å². The highest BCUT2D eigenvalue weighted by atomic mass is 16.5. The van der Waals surface area contributed by atoms with Gasteiger partial charge in [-0.2, -0.15) is 5.10 Å². The fraction of sp³-hybridized carbons (Fsp3) is 0.438. The number of hydrogen-bond acceptors (Lipinski definition) is 5. The average Bonchev–Trinajstić information content (AvgIpc) is 3.30. The van der Waals surface area contributed by atoms with E-state index in [2.05, 4.69) is 15.3 Å². The second-order valence-corrected chi connectivity index (χ2v) is 5.94. The van der Waals surface area contributed by atoms with E-state index in [1.165, 1.54) is 0 Å². The molecule has 0 spiro atoms. The third-order valence-corrected chi connectivity index (χ3v) is 4.49. The molecule has 0 saturated carbocycles. The van der Waals surface area contributed by atoms with Crippen LogP contribution in [0.1, 0.15) is 24.1 Å². The number of nitrogens with zero attached hydrogens (tertiary/aromatic N) is 5. The highest BCUT2D eigenvalue weighted by Gasteiger charge is 2.34. The van der Waals surface area contributed by atoms with Crippen molar-refractivity contribution in [2.75, 3.05) is 6.61 Å². The lowest BCUT2D eigenvalue weighted by Gasteiger charge is -2.14. The Morgan fingerprint density at radius 3 is 2.96 bits per heavy atom. The van der Waals surface area contributed by atoms with Crippen LogP contribution >= 0.6 is 0 Å². The van der Waals surface area contributed by atoms with Crippen molar-refractivity contribution >= 4 is 0 Å². The van der Waals surface area contributed by atoms with Crippen LogP contribution in [0.4, 0.5) is 0 Å². The molecule has 4 heterocycles. The second-order valence-electron chi connectivity index (χ2n) is 5.94. The minimum absolute atomic E-state index is 0.163. The minimum atomic E-state index is -0.163. The molecule has 2 atom stereocenters. The first-order chi connectivity index (χ1) is 11.2. The molecule has 0 bridgehead atoms. The monoisotopic (exact) mass is 313 g/mol. The maximum absolute atomic E-state index is 5.91. The summed E-state index contributed by atoms with van der Waals surface area (Å²) in [6.07, 6.45) is 6.54. The maximum atomic E-state index is 5.91. The largest absolute Gasteiger partial charge is 0.418 e. The first-order valence-electron chi connectivity index (χ1n) is 7.77. The molecule has 7 nitrogen and oxygen atoms in total. The highest BCUT2D eigenvalue weighted by Crippen LogP contribution is 2.36. The molecule has 1 aliphatic rings. The molecule has 23 heavy (non-hydrogen) atoms. The first-order valence-corrected chi connectivity index (χ1v) is 7.77. The molecule has 7 heteroatoms. The van der Waals surface area contributed by atoms with Crippen LogP contribution in [0.25, 0.3) is 11.5 Å². The molecular weight excluding hydrogens is 294 g/mol. The molecule has 0 aliphatic carbocycles. The normalized spacial score (nSPS) is 21.1. The third kappa shape index (κ3) is 2.57. The zero-order chi connectivity index (χ0) is 15.8. The summed E-state index contributed by atoms with van der Waals surface area (Å²) in [6.45, 7) is 3.53. The predicted molar refractivity (Wildman–Crippen MR) is 82.5 cm³/mol. The van der Waals surface area contributed by atoms with Gasteiger partial charge in [0.05, 0.1) is 5.56 Å². The van der Waals surface area contributed by atoms with Crippen LogP contribution in [-0.2, 0) is 18.3 Å². The summed E-state index contributed by atoms with van der Waals surface area (Å²) in [7, 11) is 2.00. The summed E-state index contributed by atoms with van der Waals surface area (Å²) in [5.74, 6) is 1.39. The van der Waals surface area contributed by atoms with E-state index in [1.807, 2.05) is 47.7 Å². The SMILES string of the molecule is Cc1c(-c2nnc([C@H]3OCC[C@H]3Cn3cccn3)o2)ccn1C. The lowest BCUT2D eigenvalue weighted by atomic mass is 10.0. The summed E-state index contributed by atoms with van der Waals surface area (Å²) in [5.41, 5.74) is 2.06. The van der Waals surface area contributed by atoms with E-state index in [0.717, 1.165) is 24.2 Å². The number of aromatic nitrogens is 5. The van der Waals surface area contributed by atoms with Gasteiger partial charge < -0.3 is 13.7 Å². The summed E-state index contributed by atoms with van der Waals surface area (Å²) >= 11 is 0. The van der Waals surface area contributed by atoms with Crippen molar-refractivity contribution in [3.63, 3.8) is 0 Å². The van der Waals surface area contributed by atoms with Crippen LogP contribution in [0, 0.1) is 12.8 Å². The molecule has 0 aromatic carbocycles. The van der Waals surface area contributed by atoms with Gasteiger partial charge in [0, 0.05) is 50.4 Å². The van der Waals surface area contributed by atoms with Crippen molar-refractivity contribution in [3.8, 4) is 11.5 Å². The van der Waals surface area contributed by atoms with Gasteiger partial charge in [-0.15, -0.1) is 10.2 Å². The summed E-state index contributed by atoms with van der Waals surface area (Å²) in [5, 5.41) is 12.7. The standard InChI is InChI=1S/C16H19N5O2/c1-11-13(4-8-20(11)2)15-18-19-16(23-15)14-12(5-9-22-14)10-21-7-3-6-17-21/h3-4,6-8,12,14H,5,9-10H2,1-2H3/t12-,14-/m0/s1. The molecule has 4 rings (SSSR count). The van der Waals surface area contributed by atoms with Gasteiger partial charge in [-0.1, -0.05) is 0 Å². The molecule has 1 aliphatic heterocycles. The van der Waals surface area contributed by atoms with E-state index in [4.69, 9.17) is 9.15 Å². The Bertz CT molecular complexity index is 789. The minimum Gasteiger partial charge on any atom is -0.418 e. The molecule has 0 unspecified atom stereocenters. The topological polar surface area (TPSA) is 70.9 Å². The molecule has 120 valence electrons. The van der Waals surface area contributed by atoms with E-state index < -0.39 is 0 Å². The average molecular weight is 313 g/mol. The maximum Gasteiger partial charge on any atom is 0.249 e. The molecule has 0 N–H and O–H groups in total. The summed E-state index contributed by atoms with van der Waals surface area (Å²) in [4.78, 5) is 0. The van der Waals surface area contributed by atoms with E-state index in [-0.39, 0.29) is 6.10 Å². The first kappa shape index (κ1) is 14.2. The predicted octanol–water partition coefficient (Wildman–Crippen LogP) is 2.36. The van der Waals surface area contributed by atoms with Crippen molar-refractivity contribution in [2.24, 2.45) is 13.0 Å². The molecule has 3 aromatic rings. The molecule has 1 fully saturated rings. The molecule has 3 aromatic heterocycles. The van der Waals surface area contributed by atoms with Crippen LogP contribution in [0.2, 0.25) is 0 Å². The van der Waals surface area contributed by atoms with E-state index in [1.54, 1.807) is 6.20 Å². The number of rotatable bonds is 4. The Hall–Kier alpha value is -2.41. The fourth-order valence-electron chi connectivity index (χ4n) is 3.04. The Balaban J connectivity index is 1.57. The Kier molecular flexibility index (Phi) is 3.49. The van der Waals surface area contributed by atoms with Crippen molar-refractivity contribution in [1.29, 1.82) is 0 Å². The Labute approximate surface area is 133 Å². The van der Waals surface area contributed by atoms with E-state index >= 15 is 0 Å². The van der Waals surface area contributed by atoms with E-state index in [0.29, 0.717) is 24.3 Å². The molecule has 0 radical (unpaired) electrons. The zero-order valence-electron chi connectivity index (χ0n) is 13.2. The van der Waals surface area contributed by atoms with Gasteiger partial charge >= 0.3 is 0 Å². The molecule has 0 amide bonds. The van der Waals surface area contributed by atoms with Gasteiger partial charge in [-0.25, -0.2) is 0 Å². The molecular formula is C16H19N5O2. The Morgan fingerprint density at radius 2 is 2.22 bits per heavy atom. The van der Waals surface area contributed by atoms with Gasteiger partial charge in [0.25, 0.3) is 0 Å². The van der Waals surface area contributed by atoms with Crippen LogP contribution in [0.15, 0.2) is 35.1 Å². The summed E-state index contributed by atoms with van der Waals surface area (Å²) < 4.78 is 15.7. The van der Waals surface area contributed by atoms with Crippen molar-refractivity contribution < 1.29 is 9.15 Å². The van der Waals surface area contributed by atoms with Gasteiger partial charge in [-0.05, 0) is 25.5 Å². The van der Waals surface area contributed by atoms with Gasteiger partial charge in [-0.3, -0.25) is 4.68 Å². The number of hydrogen-bond donors (Lipinski definition) is 0. The van der Waals surface area contributed by atoms with Gasteiger partial charge in [0.1, 0.15) is 6.10 Å². The number of ether oxygens (including phenoxy) is 1. The lowest BCUT2D eigenvalue weighted by Crippen LogP contribution is -2.15. The van der Waals surface area contributed by atoms with Crippen LogP contribution in [-0.4, -0.2) is 31.2 Å². The highest BCUT2D eigenvalue weighted by molar-refractivity contribution is 5.56. The van der Waals surface area contributed by atoms with Crippen LogP contribution in [0.3, 0.4) is 0 Å². The van der Waals surface area contributed by atoms with Crippen LogP contribution in [0.5, 0.6) is 0 Å². The number of aryl methyl sites for hydroxylation is 1. The second kappa shape index (κ2) is 5.66. The van der Waals surface area contributed by atoms with Crippen molar-refractivity contribution in [1.82, 2.24) is 24.5 Å². The van der Waals surface area contributed by atoms with Gasteiger partial charge in [0.15, 0.2) is 0 Å². The van der Waals surface area contributed by atoms with Crippen molar-refractivity contribution in [2.45, 2.75) is 26.0 Å². The third-order valence-electron chi connectivity index (χ3n) is 4.49. The van der Waals surface area contributed by atoms with E-state index in [9.17, 15) is 0 Å². The molecule has 1 saturated heterocycles. The fourth-order valence-corrected chi connectivity index (χ4v) is 3.04. The summed E-state index contributed by atoms with van der Waals surface area (Å²) in [6, 6.07) is 3.91.